The van der Waals surface area contributed by atoms with Crippen LogP contribution in [-0.4, -0.2) is 71.4 Å². The van der Waals surface area contributed by atoms with Gasteiger partial charge in [0.25, 0.3) is 5.91 Å². The van der Waals surface area contributed by atoms with Gasteiger partial charge in [-0.1, -0.05) is 38.1 Å². The molecule has 1 spiro atoms. The Morgan fingerprint density at radius 3 is 2.33 bits per heavy atom. The van der Waals surface area contributed by atoms with Crippen LogP contribution < -0.4 is 16.0 Å². The molecule has 1 unspecified atom stereocenters. The third kappa shape index (κ3) is 4.68. The molecule has 1 atom stereocenters. The highest BCUT2D eigenvalue weighted by molar-refractivity contribution is 7.88. The van der Waals surface area contributed by atoms with Gasteiger partial charge in [0.1, 0.15) is 5.82 Å². The molecule has 0 bridgehead atoms. The Balaban J connectivity index is 1.38. The number of para-hydroxylation sites is 2. The molecule has 2 aliphatic rings. The molecule has 5 rings (SSSR count). The fourth-order valence-electron chi connectivity index (χ4n) is 5.14. The van der Waals surface area contributed by atoms with Crippen molar-refractivity contribution in [1.29, 1.82) is 0 Å². The van der Waals surface area contributed by atoms with Gasteiger partial charge in [-0.2, -0.15) is 4.31 Å². The number of fused-ring (bicyclic) bond motifs is 1. The predicted molar refractivity (Wildman–Crippen MR) is 141 cm³/mol. The Labute approximate surface area is 224 Å². The van der Waals surface area contributed by atoms with Crippen LogP contribution in [0.3, 0.4) is 0 Å². The molecular formula is C26H28N6O6S. The number of amides is 5. The van der Waals surface area contributed by atoms with Crippen molar-refractivity contribution in [3.05, 3.63) is 65.5 Å². The molecule has 3 aromatic rings. The van der Waals surface area contributed by atoms with Crippen molar-refractivity contribution in [2.75, 3.05) is 19.3 Å². The quantitative estimate of drug-likeness (QED) is 0.384. The zero-order valence-corrected chi connectivity index (χ0v) is 22.4. The van der Waals surface area contributed by atoms with Gasteiger partial charge in [0.15, 0.2) is 5.41 Å². The van der Waals surface area contributed by atoms with E-state index in [0.29, 0.717) is 6.54 Å². The zero-order chi connectivity index (χ0) is 28.1. The van der Waals surface area contributed by atoms with Crippen molar-refractivity contribution in [1.82, 2.24) is 29.8 Å². The Morgan fingerprint density at radius 2 is 1.72 bits per heavy atom. The normalized spacial score (nSPS) is 19.5. The number of aromatic nitrogens is 2. The third-order valence-corrected chi connectivity index (χ3v) is 8.42. The molecule has 13 heteroatoms. The standard InChI is InChI=1S/C26H28N6O6S/c1-15(2)21-27-18-6-4-5-7-19(18)32(21)12-16-8-10-17(11-9-16)22(33)28-20-13-31(39(3,37)38)14-26(20)23(34)29-25(36)30-24(26)35/h4-11,15,20H,12-14H2,1-3H3,(H,28,33)(H2,29,30,34,35,36). The average molecular weight is 553 g/mol. The van der Waals surface area contributed by atoms with E-state index in [4.69, 9.17) is 4.98 Å². The van der Waals surface area contributed by atoms with Crippen molar-refractivity contribution in [2.45, 2.75) is 32.4 Å². The Kier molecular flexibility index (Phi) is 6.51. The Hall–Kier alpha value is -4.10. The number of urea groups is 1. The molecule has 5 amide bonds. The predicted octanol–water partition coefficient (Wildman–Crippen LogP) is 0.934. The largest absolute Gasteiger partial charge is 0.346 e. The van der Waals surface area contributed by atoms with E-state index in [1.165, 1.54) is 0 Å². The highest BCUT2D eigenvalue weighted by Crippen LogP contribution is 2.35. The topological polar surface area (TPSA) is 160 Å². The maximum atomic E-state index is 13.2. The summed E-state index contributed by atoms with van der Waals surface area (Å²) in [7, 11) is -3.80. The lowest BCUT2D eigenvalue weighted by atomic mass is 9.79. The number of imide groups is 2. The molecule has 12 nitrogen and oxygen atoms in total. The maximum Gasteiger partial charge on any atom is 0.328 e. The Morgan fingerprint density at radius 1 is 1.08 bits per heavy atom. The van der Waals surface area contributed by atoms with Crippen molar-refractivity contribution in [3.63, 3.8) is 0 Å². The summed E-state index contributed by atoms with van der Waals surface area (Å²) in [5, 5.41) is 6.70. The van der Waals surface area contributed by atoms with Crippen LogP contribution in [0, 0.1) is 5.41 Å². The van der Waals surface area contributed by atoms with Crippen LogP contribution in [-0.2, 0) is 26.2 Å². The summed E-state index contributed by atoms with van der Waals surface area (Å²) in [5.74, 6) is -1.36. The summed E-state index contributed by atoms with van der Waals surface area (Å²) in [5.41, 5.74) is 1.12. The molecule has 2 aromatic carbocycles. The molecule has 3 N–H and O–H groups in total. The fraction of sp³-hybridized carbons (Fsp3) is 0.346. The van der Waals surface area contributed by atoms with E-state index in [0.717, 1.165) is 33.0 Å². The third-order valence-electron chi connectivity index (χ3n) is 7.20. The molecule has 2 aliphatic heterocycles. The van der Waals surface area contributed by atoms with Crippen LogP contribution in [0.4, 0.5) is 4.79 Å². The SMILES string of the molecule is CC(C)c1nc2ccccc2n1Cc1ccc(C(=O)NC2CN(S(C)(=O)=O)CC23C(=O)NC(=O)NC3=O)cc1. The van der Waals surface area contributed by atoms with Gasteiger partial charge in [0.2, 0.25) is 21.8 Å². The highest BCUT2D eigenvalue weighted by atomic mass is 32.2. The average Bonchev–Trinajstić information content (AvgIpc) is 3.43. The second-order valence-electron chi connectivity index (χ2n) is 10.2. The smallest absolute Gasteiger partial charge is 0.328 e. The van der Waals surface area contributed by atoms with Gasteiger partial charge < -0.3 is 9.88 Å². The number of hydrogen-bond donors (Lipinski definition) is 3. The highest BCUT2D eigenvalue weighted by Gasteiger charge is 2.62. The summed E-state index contributed by atoms with van der Waals surface area (Å²) < 4.78 is 27.5. The van der Waals surface area contributed by atoms with Gasteiger partial charge in [0, 0.05) is 31.1 Å². The van der Waals surface area contributed by atoms with Crippen LogP contribution in [0.25, 0.3) is 11.0 Å². The monoisotopic (exact) mass is 552 g/mol. The number of rotatable bonds is 6. The van der Waals surface area contributed by atoms with Crippen LogP contribution in [0.2, 0.25) is 0 Å². The molecule has 0 aliphatic carbocycles. The summed E-state index contributed by atoms with van der Waals surface area (Å²) >= 11 is 0. The minimum atomic E-state index is -3.80. The molecule has 2 fully saturated rings. The van der Waals surface area contributed by atoms with Crippen molar-refractivity contribution in [2.24, 2.45) is 5.41 Å². The lowest BCUT2D eigenvalue weighted by Gasteiger charge is -2.34. The van der Waals surface area contributed by atoms with Crippen molar-refractivity contribution < 1.29 is 27.6 Å². The van der Waals surface area contributed by atoms with Crippen LogP contribution in [0.5, 0.6) is 0 Å². The molecule has 39 heavy (non-hydrogen) atoms. The fourth-order valence-corrected chi connectivity index (χ4v) is 6.00. The van der Waals surface area contributed by atoms with E-state index in [2.05, 4.69) is 23.7 Å². The van der Waals surface area contributed by atoms with Gasteiger partial charge in [-0.25, -0.2) is 18.2 Å². The van der Waals surface area contributed by atoms with Crippen LogP contribution in [0.1, 0.15) is 41.5 Å². The minimum Gasteiger partial charge on any atom is -0.346 e. The first-order valence-corrected chi connectivity index (χ1v) is 14.2. The van der Waals surface area contributed by atoms with E-state index in [1.54, 1.807) is 24.3 Å². The number of benzene rings is 2. The summed E-state index contributed by atoms with van der Waals surface area (Å²) in [6.45, 7) is 3.89. The van der Waals surface area contributed by atoms with Gasteiger partial charge in [0.05, 0.1) is 23.3 Å². The van der Waals surface area contributed by atoms with Crippen molar-refractivity contribution in [3.8, 4) is 0 Å². The first-order valence-electron chi connectivity index (χ1n) is 12.4. The number of hydrogen-bond acceptors (Lipinski definition) is 7. The maximum absolute atomic E-state index is 13.2. The molecule has 3 heterocycles. The Bertz CT molecular complexity index is 1590. The number of barbiturate groups is 1. The number of sulfonamides is 1. The molecular weight excluding hydrogens is 524 g/mol. The number of carbonyl (C=O) groups excluding carboxylic acids is 4. The van der Waals surface area contributed by atoms with Crippen LogP contribution in [0.15, 0.2) is 48.5 Å². The number of imidazole rings is 1. The van der Waals surface area contributed by atoms with Gasteiger partial charge in [-0.3, -0.25) is 25.0 Å². The van der Waals surface area contributed by atoms with E-state index >= 15 is 0 Å². The summed E-state index contributed by atoms with van der Waals surface area (Å²) in [4.78, 5) is 55.2. The second-order valence-corrected chi connectivity index (χ2v) is 12.2. The molecule has 2 saturated heterocycles. The first kappa shape index (κ1) is 26.5. The van der Waals surface area contributed by atoms with E-state index in [1.807, 2.05) is 34.9 Å². The van der Waals surface area contributed by atoms with Gasteiger partial charge in [-0.15, -0.1) is 0 Å². The van der Waals surface area contributed by atoms with Crippen LogP contribution >= 0.6 is 0 Å². The molecule has 204 valence electrons. The second kappa shape index (κ2) is 9.58. The minimum absolute atomic E-state index is 0.206. The van der Waals surface area contributed by atoms with Crippen molar-refractivity contribution >= 4 is 44.8 Å². The summed E-state index contributed by atoms with van der Waals surface area (Å²) in [6, 6.07) is 12.5. The van der Waals surface area contributed by atoms with Gasteiger partial charge in [-0.05, 0) is 29.8 Å². The molecule has 0 saturated carbocycles. The van der Waals surface area contributed by atoms with E-state index < -0.39 is 51.8 Å². The molecule has 0 radical (unpaired) electrons. The lowest BCUT2D eigenvalue weighted by molar-refractivity contribution is -0.144. The van der Waals surface area contributed by atoms with Gasteiger partial charge >= 0.3 is 6.03 Å². The number of nitrogens with zero attached hydrogens (tertiary/aromatic N) is 3. The summed E-state index contributed by atoms with van der Waals surface area (Å²) in [6.07, 6.45) is 0.946. The number of carbonyl (C=O) groups is 4. The first-order chi connectivity index (χ1) is 18.4. The molecule has 1 aromatic heterocycles. The van der Waals surface area contributed by atoms with E-state index in [-0.39, 0.29) is 18.0 Å². The van der Waals surface area contributed by atoms with E-state index in [9.17, 15) is 27.6 Å². The number of nitrogens with one attached hydrogen (secondary N) is 3. The zero-order valence-electron chi connectivity index (χ0n) is 21.6. The lowest BCUT2D eigenvalue weighted by Crippen LogP contribution is -2.69.